The van der Waals surface area contributed by atoms with Crippen molar-refractivity contribution in [1.82, 2.24) is 0 Å². The van der Waals surface area contributed by atoms with Crippen LogP contribution in [-0.4, -0.2) is 20.7 Å². The Bertz CT molecular complexity index is 606. The SMILES string of the molecule is C[C@H]1CCC=C2CC[C@H]3[C@@H]4CC[C@H](O[Si](C)(C)C)[C@@]4(C)CC[C@@H]3[C@]21C=O. The Kier molecular flexibility index (Phi) is 4.59. The van der Waals surface area contributed by atoms with Gasteiger partial charge >= 0.3 is 0 Å². The number of hydrogen-bond acceptors (Lipinski definition) is 2. The third-order valence-electron chi connectivity index (χ3n) is 8.76. The van der Waals surface area contributed by atoms with Crippen LogP contribution in [0.2, 0.25) is 19.6 Å². The van der Waals surface area contributed by atoms with Gasteiger partial charge in [0.15, 0.2) is 8.32 Å². The van der Waals surface area contributed by atoms with Crippen molar-refractivity contribution >= 4 is 14.6 Å². The molecule has 3 saturated carbocycles. The fraction of sp³-hybridized carbons (Fsp3) is 0.870. The molecule has 0 heterocycles. The lowest BCUT2D eigenvalue weighted by Gasteiger charge is -2.59. The maximum atomic E-state index is 12.5. The standard InChI is InChI=1S/C23H38O2Si/c1-16-7-6-8-17-9-10-18-19-11-12-21(25-26(3,4)5)22(19,2)14-13-20(18)23(16,17)15-24/h8,15-16,18-21H,6-7,9-14H2,1-5H3/t16-,18-,19-,20-,21-,22-,23-/m0/s1. The molecule has 0 aliphatic heterocycles. The first-order chi connectivity index (χ1) is 12.2. The Hall–Kier alpha value is -0.413. The van der Waals surface area contributed by atoms with E-state index in [1.165, 1.54) is 56.8 Å². The van der Waals surface area contributed by atoms with Crippen LogP contribution in [0.3, 0.4) is 0 Å². The Morgan fingerprint density at radius 1 is 1.12 bits per heavy atom. The summed E-state index contributed by atoms with van der Waals surface area (Å²) < 4.78 is 6.69. The van der Waals surface area contributed by atoms with Gasteiger partial charge in [0.1, 0.15) is 6.29 Å². The molecule has 0 bridgehead atoms. The lowest BCUT2D eigenvalue weighted by Crippen LogP contribution is -2.55. The molecule has 146 valence electrons. The highest BCUT2D eigenvalue weighted by Crippen LogP contribution is 2.66. The first-order valence-corrected chi connectivity index (χ1v) is 14.5. The van der Waals surface area contributed by atoms with Crippen LogP contribution < -0.4 is 0 Å². The second-order valence-corrected chi connectivity index (χ2v) is 15.5. The summed E-state index contributed by atoms with van der Waals surface area (Å²) in [6.07, 6.45) is 14.1. The van der Waals surface area contributed by atoms with E-state index in [1.54, 1.807) is 0 Å². The van der Waals surface area contributed by atoms with Crippen molar-refractivity contribution in [1.29, 1.82) is 0 Å². The van der Waals surface area contributed by atoms with Crippen LogP contribution in [0.25, 0.3) is 0 Å². The van der Waals surface area contributed by atoms with Gasteiger partial charge in [0.25, 0.3) is 0 Å². The summed E-state index contributed by atoms with van der Waals surface area (Å²) in [5.41, 5.74) is 1.70. The fourth-order valence-corrected chi connectivity index (χ4v) is 8.86. The zero-order valence-electron chi connectivity index (χ0n) is 17.5. The fourth-order valence-electron chi connectivity index (χ4n) is 7.62. The third kappa shape index (κ3) is 2.63. The second-order valence-electron chi connectivity index (χ2n) is 11.0. The average Bonchev–Trinajstić information content (AvgIpc) is 2.90. The van der Waals surface area contributed by atoms with Gasteiger partial charge < -0.3 is 9.22 Å². The zero-order chi connectivity index (χ0) is 18.7. The van der Waals surface area contributed by atoms with Crippen LogP contribution in [-0.2, 0) is 9.22 Å². The highest BCUT2D eigenvalue weighted by atomic mass is 28.4. The van der Waals surface area contributed by atoms with Gasteiger partial charge in [0.2, 0.25) is 0 Å². The van der Waals surface area contributed by atoms with Gasteiger partial charge in [0, 0.05) is 0 Å². The number of carbonyl (C=O) groups is 1. The molecule has 3 heteroatoms. The van der Waals surface area contributed by atoms with Crippen molar-refractivity contribution < 1.29 is 9.22 Å². The molecule has 0 N–H and O–H groups in total. The minimum Gasteiger partial charge on any atom is -0.414 e. The molecule has 0 amide bonds. The van der Waals surface area contributed by atoms with E-state index < -0.39 is 8.32 Å². The number of rotatable bonds is 3. The molecule has 0 saturated heterocycles. The number of allylic oxidation sites excluding steroid dienone is 2. The van der Waals surface area contributed by atoms with E-state index in [1.807, 2.05) is 0 Å². The molecular formula is C23H38O2Si. The summed E-state index contributed by atoms with van der Waals surface area (Å²) in [5.74, 6) is 2.59. The van der Waals surface area contributed by atoms with Gasteiger partial charge in [-0.15, -0.1) is 0 Å². The van der Waals surface area contributed by atoms with E-state index in [9.17, 15) is 4.79 Å². The molecule has 0 unspecified atom stereocenters. The van der Waals surface area contributed by atoms with E-state index in [0.29, 0.717) is 23.4 Å². The summed E-state index contributed by atoms with van der Waals surface area (Å²) in [6.45, 7) is 11.9. The van der Waals surface area contributed by atoms with Crippen LogP contribution in [0.5, 0.6) is 0 Å². The predicted octanol–water partition coefficient (Wildman–Crippen LogP) is 5.98. The van der Waals surface area contributed by atoms with E-state index in [0.717, 1.165) is 18.3 Å². The second kappa shape index (κ2) is 6.30. The monoisotopic (exact) mass is 374 g/mol. The molecule has 3 fully saturated rings. The van der Waals surface area contributed by atoms with Gasteiger partial charge in [-0.25, -0.2) is 0 Å². The smallest absolute Gasteiger partial charge is 0.184 e. The Labute approximate surface area is 161 Å². The highest BCUT2D eigenvalue weighted by molar-refractivity contribution is 6.69. The van der Waals surface area contributed by atoms with Crippen LogP contribution >= 0.6 is 0 Å². The van der Waals surface area contributed by atoms with Crippen molar-refractivity contribution in [2.45, 2.75) is 91.0 Å². The third-order valence-corrected chi connectivity index (χ3v) is 9.76. The molecular weight excluding hydrogens is 336 g/mol. The largest absolute Gasteiger partial charge is 0.414 e. The van der Waals surface area contributed by atoms with Gasteiger partial charge in [-0.2, -0.15) is 0 Å². The van der Waals surface area contributed by atoms with Crippen molar-refractivity contribution in [2.24, 2.45) is 34.5 Å². The summed E-state index contributed by atoms with van der Waals surface area (Å²) in [5, 5.41) is 0. The normalized spacial score (nSPS) is 48.2. The van der Waals surface area contributed by atoms with Crippen molar-refractivity contribution in [3.05, 3.63) is 11.6 Å². The van der Waals surface area contributed by atoms with Crippen LogP contribution in [0.15, 0.2) is 11.6 Å². The molecule has 0 aromatic carbocycles. The molecule has 7 atom stereocenters. The van der Waals surface area contributed by atoms with E-state index >= 15 is 0 Å². The van der Waals surface area contributed by atoms with E-state index in [4.69, 9.17) is 4.43 Å². The molecule has 0 spiro atoms. The zero-order valence-corrected chi connectivity index (χ0v) is 18.5. The van der Waals surface area contributed by atoms with Crippen LogP contribution in [0.1, 0.15) is 65.2 Å². The lowest BCUT2D eigenvalue weighted by molar-refractivity contribution is -0.132. The maximum Gasteiger partial charge on any atom is 0.184 e. The molecule has 0 aromatic heterocycles. The van der Waals surface area contributed by atoms with Gasteiger partial charge in [0.05, 0.1) is 11.5 Å². The molecule has 0 radical (unpaired) electrons. The molecule has 2 nitrogen and oxygen atoms in total. The molecule has 26 heavy (non-hydrogen) atoms. The van der Waals surface area contributed by atoms with E-state index in [-0.39, 0.29) is 5.41 Å². The summed E-state index contributed by atoms with van der Waals surface area (Å²) in [4.78, 5) is 12.5. The Balaban J connectivity index is 1.65. The van der Waals surface area contributed by atoms with Gasteiger partial charge in [-0.1, -0.05) is 25.5 Å². The number of aldehydes is 1. The molecule has 4 rings (SSSR count). The highest BCUT2D eigenvalue weighted by Gasteiger charge is 2.61. The summed E-state index contributed by atoms with van der Waals surface area (Å²) in [7, 11) is -1.52. The molecule has 4 aliphatic rings. The van der Waals surface area contributed by atoms with Gasteiger partial charge in [-0.3, -0.25) is 0 Å². The minimum atomic E-state index is -1.52. The van der Waals surface area contributed by atoms with Crippen molar-refractivity contribution in [3.8, 4) is 0 Å². The van der Waals surface area contributed by atoms with Crippen LogP contribution in [0, 0.1) is 34.5 Å². The van der Waals surface area contributed by atoms with Crippen molar-refractivity contribution in [3.63, 3.8) is 0 Å². The van der Waals surface area contributed by atoms with Crippen LogP contribution in [0.4, 0.5) is 0 Å². The molecule has 0 aromatic rings. The minimum absolute atomic E-state index is 0.139. The predicted molar refractivity (Wildman–Crippen MR) is 109 cm³/mol. The number of hydrogen-bond donors (Lipinski definition) is 0. The Morgan fingerprint density at radius 2 is 1.88 bits per heavy atom. The quantitative estimate of drug-likeness (QED) is 0.345. The number of carbonyl (C=O) groups excluding carboxylic acids is 1. The Morgan fingerprint density at radius 3 is 2.58 bits per heavy atom. The topological polar surface area (TPSA) is 26.3 Å². The summed E-state index contributed by atoms with van der Waals surface area (Å²) >= 11 is 0. The maximum absolute atomic E-state index is 12.5. The van der Waals surface area contributed by atoms with E-state index in [2.05, 4.69) is 39.6 Å². The van der Waals surface area contributed by atoms with Gasteiger partial charge in [-0.05, 0) is 100 Å². The lowest BCUT2D eigenvalue weighted by atomic mass is 9.45. The first kappa shape index (κ1) is 18.9. The summed E-state index contributed by atoms with van der Waals surface area (Å²) in [6, 6.07) is 0. The molecule has 4 aliphatic carbocycles. The number of fused-ring (bicyclic) bond motifs is 5. The van der Waals surface area contributed by atoms with Crippen molar-refractivity contribution in [2.75, 3.05) is 0 Å². The first-order valence-electron chi connectivity index (χ1n) is 11.1. The average molecular weight is 375 g/mol.